The molecule has 1 N–H and O–H groups in total. The van der Waals surface area contributed by atoms with E-state index in [1.165, 1.54) is 6.92 Å². The van der Waals surface area contributed by atoms with E-state index in [9.17, 15) is 9.90 Å². The number of carboxylic acids is 1. The van der Waals surface area contributed by atoms with E-state index in [-0.39, 0.29) is 0 Å². The molecule has 0 aliphatic heterocycles. The van der Waals surface area contributed by atoms with Crippen LogP contribution in [0, 0.1) is 5.92 Å². The van der Waals surface area contributed by atoms with E-state index in [2.05, 4.69) is 0 Å². The van der Waals surface area contributed by atoms with Gasteiger partial charge in [-0.25, -0.2) is 9.90 Å². The molecule has 75 valence electrons. The summed E-state index contributed by atoms with van der Waals surface area (Å²) in [6.45, 7) is 3.30. The third-order valence-electron chi connectivity index (χ3n) is 2.50. The molecule has 0 aromatic rings. The number of aliphatic carboxylic acids is 1. The summed E-state index contributed by atoms with van der Waals surface area (Å²) in [6.07, 6.45) is 0.464. The zero-order valence-electron chi connectivity index (χ0n) is 7.95. The van der Waals surface area contributed by atoms with Crippen LogP contribution in [-0.4, -0.2) is 23.0 Å². The van der Waals surface area contributed by atoms with Gasteiger partial charge in [-0.2, -0.15) is 0 Å². The van der Waals surface area contributed by atoms with Gasteiger partial charge in [0.2, 0.25) is 0 Å². The van der Waals surface area contributed by atoms with Gasteiger partial charge < -0.3 is 9.84 Å². The smallest absolute Gasteiger partial charge is 0.336 e. The van der Waals surface area contributed by atoms with E-state index < -0.39 is 17.9 Å². The summed E-state index contributed by atoms with van der Waals surface area (Å²) in [5.74, 6) is -0.672. The Labute approximate surface area is 77.5 Å². The van der Waals surface area contributed by atoms with Crippen LogP contribution in [0.3, 0.4) is 0 Å². The van der Waals surface area contributed by atoms with Crippen molar-refractivity contribution in [1.29, 1.82) is 0 Å². The van der Waals surface area contributed by atoms with Crippen LogP contribution in [0.15, 0.2) is 0 Å². The summed E-state index contributed by atoms with van der Waals surface area (Å²) in [7, 11) is 0. The fourth-order valence-corrected chi connectivity index (χ4v) is 1.92. The molecule has 1 aliphatic carbocycles. The Kier molecular flexibility index (Phi) is 2.93. The molecule has 1 saturated carbocycles. The van der Waals surface area contributed by atoms with Gasteiger partial charge in [-0.05, 0) is 32.1 Å². The van der Waals surface area contributed by atoms with E-state index in [0.717, 1.165) is 6.42 Å². The number of carboxylic acid groups (broad SMARTS) is 1. The Morgan fingerprint density at radius 3 is 2.62 bits per heavy atom. The van der Waals surface area contributed by atoms with Crippen LogP contribution in [0.5, 0.6) is 0 Å². The van der Waals surface area contributed by atoms with Gasteiger partial charge in [0.1, 0.15) is 0 Å². The van der Waals surface area contributed by atoms with Gasteiger partial charge in [0.15, 0.2) is 11.9 Å². The molecule has 1 fully saturated rings. The third-order valence-corrected chi connectivity index (χ3v) is 2.50. The van der Waals surface area contributed by atoms with E-state index in [4.69, 9.17) is 9.84 Å². The first kappa shape index (κ1) is 10.5. The minimum atomic E-state index is -1.26. The van der Waals surface area contributed by atoms with Crippen LogP contribution < -0.4 is 0 Å². The lowest BCUT2D eigenvalue weighted by molar-refractivity contribution is -0.215. The SMILES string of the molecule is CC1CC[C@](OC(C)[O])(C(=O)O)C1. The van der Waals surface area contributed by atoms with Crippen molar-refractivity contribution in [1.82, 2.24) is 0 Å². The highest BCUT2D eigenvalue weighted by molar-refractivity contribution is 5.77. The van der Waals surface area contributed by atoms with Crippen molar-refractivity contribution in [2.45, 2.75) is 45.0 Å². The molecule has 4 nitrogen and oxygen atoms in total. The standard InChI is InChI=1S/C9H15O4/c1-6-3-4-9(5-6,8(11)12)13-7(2)10/h6-7H,3-5H2,1-2H3,(H,11,12)/t6?,7?,9-/m1/s1. The number of hydrogen-bond donors (Lipinski definition) is 1. The maximum absolute atomic E-state index is 10.9. The largest absolute Gasteiger partial charge is 0.479 e. The first-order chi connectivity index (χ1) is 5.96. The minimum absolute atomic E-state index is 0.329. The van der Waals surface area contributed by atoms with E-state index >= 15 is 0 Å². The average Bonchev–Trinajstić information content (AvgIpc) is 2.31. The van der Waals surface area contributed by atoms with Crippen LogP contribution >= 0.6 is 0 Å². The molecule has 1 radical (unpaired) electrons. The van der Waals surface area contributed by atoms with Crippen molar-refractivity contribution in [2.24, 2.45) is 5.92 Å². The summed E-state index contributed by atoms with van der Waals surface area (Å²) in [5.41, 5.74) is -1.21. The molecule has 0 spiro atoms. The first-order valence-corrected chi connectivity index (χ1v) is 4.53. The summed E-state index contributed by atoms with van der Waals surface area (Å²) < 4.78 is 4.98. The third kappa shape index (κ3) is 2.19. The number of ether oxygens (including phenoxy) is 1. The van der Waals surface area contributed by atoms with Crippen molar-refractivity contribution in [2.75, 3.05) is 0 Å². The molecule has 0 heterocycles. The second-order valence-corrected chi connectivity index (χ2v) is 3.83. The maximum Gasteiger partial charge on any atom is 0.336 e. The van der Waals surface area contributed by atoms with E-state index in [1.54, 1.807) is 0 Å². The fourth-order valence-electron chi connectivity index (χ4n) is 1.92. The monoisotopic (exact) mass is 187 g/mol. The highest BCUT2D eigenvalue weighted by Gasteiger charge is 2.46. The van der Waals surface area contributed by atoms with Crippen molar-refractivity contribution >= 4 is 5.97 Å². The fraction of sp³-hybridized carbons (Fsp3) is 0.889. The predicted octanol–water partition coefficient (Wildman–Crippen LogP) is 1.42. The van der Waals surface area contributed by atoms with Crippen molar-refractivity contribution < 1.29 is 19.7 Å². The van der Waals surface area contributed by atoms with Gasteiger partial charge >= 0.3 is 5.97 Å². The maximum atomic E-state index is 10.9. The van der Waals surface area contributed by atoms with Gasteiger partial charge in [-0.15, -0.1) is 0 Å². The molecule has 1 aliphatic rings. The zero-order chi connectivity index (χ0) is 10.1. The summed E-state index contributed by atoms with van der Waals surface area (Å²) >= 11 is 0. The van der Waals surface area contributed by atoms with Crippen molar-refractivity contribution in [3.8, 4) is 0 Å². The predicted molar refractivity (Wildman–Crippen MR) is 44.6 cm³/mol. The molecule has 1 rings (SSSR count). The van der Waals surface area contributed by atoms with Gasteiger partial charge in [-0.1, -0.05) is 6.92 Å². The lowest BCUT2D eigenvalue weighted by atomic mass is 10.0. The van der Waals surface area contributed by atoms with Gasteiger partial charge in [0, 0.05) is 0 Å². The second kappa shape index (κ2) is 3.64. The summed E-state index contributed by atoms with van der Waals surface area (Å²) in [4.78, 5) is 10.9. The molecule has 0 aromatic carbocycles. The van der Waals surface area contributed by atoms with E-state index in [0.29, 0.717) is 18.8 Å². The molecule has 0 amide bonds. The van der Waals surface area contributed by atoms with Crippen molar-refractivity contribution in [3.05, 3.63) is 0 Å². The quantitative estimate of drug-likeness (QED) is 0.679. The van der Waals surface area contributed by atoms with Gasteiger partial charge in [0.05, 0.1) is 0 Å². The van der Waals surface area contributed by atoms with Crippen LogP contribution in [0.25, 0.3) is 0 Å². The first-order valence-electron chi connectivity index (χ1n) is 4.53. The molecule has 0 aromatic heterocycles. The van der Waals surface area contributed by atoms with E-state index in [1.807, 2.05) is 6.92 Å². The Morgan fingerprint density at radius 1 is 1.69 bits per heavy atom. The topological polar surface area (TPSA) is 66.4 Å². The number of carbonyl (C=O) groups is 1. The molecule has 3 atom stereocenters. The number of rotatable bonds is 3. The molecule has 0 saturated heterocycles. The molecule has 0 bridgehead atoms. The Balaban J connectivity index is 2.71. The average molecular weight is 187 g/mol. The molecular weight excluding hydrogens is 172 g/mol. The molecule has 4 heteroatoms. The number of hydrogen-bond acceptors (Lipinski definition) is 2. The highest BCUT2D eigenvalue weighted by atomic mass is 16.6. The Morgan fingerprint density at radius 2 is 2.31 bits per heavy atom. The van der Waals surface area contributed by atoms with Gasteiger partial charge in [-0.3, -0.25) is 0 Å². The lowest BCUT2D eigenvalue weighted by Crippen LogP contribution is -2.41. The summed E-state index contributed by atoms with van der Waals surface area (Å²) in [5, 5.41) is 19.8. The summed E-state index contributed by atoms with van der Waals surface area (Å²) in [6, 6.07) is 0. The highest BCUT2D eigenvalue weighted by Crippen LogP contribution is 2.38. The Hall–Kier alpha value is -0.610. The minimum Gasteiger partial charge on any atom is -0.479 e. The molecule has 2 unspecified atom stereocenters. The normalized spacial score (nSPS) is 36.1. The Bertz CT molecular complexity index is 202. The van der Waals surface area contributed by atoms with Crippen LogP contribution in [0.2, 0.25) is 0 Å². The van der Waals surface area contributed by atoms with Gasteiger partial charge in [0.25, 0.3) is 0 Å². The van der Waals surface area contributed by atoms with Crippen LogP contribution in [0.1, 0.15) is 33.1 Å². The molecular formula is C9H15O4. The molecule has 13 heavy (non-hydrogen) atoms. The zero-order valence-corrected chi connectivity index (χ0v) is 7.95. The second-order valence-electron chi connectivity index (χ2n) is 3.83. The van der Waals surface area contributed by atoms with Crippen LogP contribution in [-0.2, 0) is 14.6 Å². The lowest BCUT2D eigenvalue weighted by Gasteiger charge is -2.25. The van der Waals surface area contributed by atoms with Crippen LogP contribution in [0.4, 0.5) is 0 Å². The van der Waals surface area contributed by atoms with Crippen molar-refractivity contribution in [3.63, 3.8) is 0 Å².